The number of ether oxygens (including phenoxy) is 1. The van der Waals surface area contributed by atoms with E-state index in [0.29, 0.717) is 17.8 Å². The Balaban J connectivity index is 1.79. The highest BCUT2D eigenvalue weighted by Crippen LogP contribution is 2.38. The molecule has 1 aliphatic heterocycles. The number of hydrogen-bond acceptors (Lipinski definition) is 8. The average Bonchev–Trinajstić information content (AvgIpc) is 3.28. The zero-order valence-electron chi connectivity index (χ0n) is 19.2. The molecular formula is C24H34N6O2. The maximum Gasteiger partial charge on any atom is 0.321 e. The van der Waals surface area contributed by atoms with Gasteiger partial charge in [0.05, 0.1) is 5.41 Å². The van der Waals surface area contributed by atoms with E-state index in [0.717, 1.165) is 49.3 Å². The molecule has 0 bridgehead atoms. The van der Waals surface area contributed by atoms with Crippen LogP contribution in [0.3, 0.4) is 0 Å². The summed E-state index contributed by atoms with van der Waals surface area (Å²) in [6.07, 6.45) is 5.20. The number of nitrogens with zero attached hydrogens (tertiary/aromatic N) is 3. The topological polar surface area (TPSA) is 125 Å². The Morgan fingerprint density at radius 2 is 2.00 bits per heavy atom. The average molecular weight is 439 g/mol. The third-order valence-electron chi connectivity index (χ3n) is 6.30. The van der Waals surface area contributed by atoms with Crippen molar-refractivity contribution >= 4 is 17.8 Å². The van der Waals surface area contributed by atoms with Gasteiger partial charge in [-0.1, -0.05) is 49.8 Å². The summed E-state index contributed by atoms with van der Waals surface area (Å²) in [6, 6.07) is 8.60. The van der Waals surface area contributed by atoms with Crippen LogP contribution in [0.1, 0.15) is 50.6 Å². The maximum atomic E-state index is 5.77. The van der Waals surface area contributed by atoms with Crippen LogP contribution in [0.4, 0.5) is 6.01 Å². The largest absolute Gasteiger partial charge is 0.404 e. The van der Waals surface area contributed by atoms with Gasteiger partial charge in [-0.25, -0.2) is 4.99 Å². The Kier molecular flexibility index (Phi) is 7.69. The molecule has 1 saturated heterocycles. The minimum atomic E-state index is -0.424. The van der Waals surface area contributed by atoms with Crippen molar-refractivity contribution in [2.24, 2.45) is 28.3 Å². The molecule has 8 heteroatoms. The van der Waals surface area contributed by atoms with Crippen LogP contribution in [0.5, 0.6) is 0 Å². The minimum absolute atomic E-state index is 0.228. The van der Waals surface area contributed by atoms with Crippen LogP contribution in [0.15, 0.2) is 52.4 Å². The predicted molar refractivity (Wildman–Crippen MR) is 128 cm³/mol. The van der Waals surface area contributed by atoms with Crippen LogP contribution in [0.2, 0.25) is 0 Å². The third-order valence-corrected chi connectivity index (χ3v) is 6.30. The van der Waals surface area contributed by atoms with E-state index in [1.54, 1.807) is 6.21 Å². The van der Waals surface area contributed by atoms with Gasteiger partial charge in [-0.2, -0.15) is 4.98 Å². The first-order chi connectivity index (χ1) is 15.3. The lowest BCUT2D eigenvalue weighted by Gasteiger charge is -2.31. The lowest BCUT2D eigenvalue weighted by Crippen LogP contribution is -2.31. The number of aliphatic imine (C=N–C) groups is 1. The van der Waals surface area contributed by atoms with Crippen molar-refractivity contribution in [2.45, 2.75) is 39.0 Å². The second kappa shape index (κ2) is 10.5. The highest BCUT2D eigenvalue weighted by Gasteiger charge is 2.37. The monoisotopic (exact) mass is 438 g/mol. The molecule has 0 amide bonds. The molecule has 1 atom stereocenters. The number of hydrogen-bond donors (Lipinski definition) is 3. The molecule has 1 aromatic heterocycles. The molecular weight excluding hydrogens is 404 g/mol. The van der Waals surface area contributed by atoms with Gasteiger partial charge in [0.25, 0.3) is 0 Å². The van der Waals surface area contributed by atoms with E-state index < -0.39 is 5.41 Å². The number of nitrogens with two attached hydrogens (primary N) is 2. The molecule has 1 aromatic carbocycles. The molecule has 5 N–H and O–H groups in total. The fourth-order valence-corrected chi connectivity index (χ4v) is 3.78. The smallest absolute Gasteiger partial charge is 0.321 e. The first kappa shape index (κ1) is 23.5. The fourth-order valence-electron chi connectivity index (χ4n) is 3.78. The van der Waals surface area contributed by atoms with E-state index in [-0.39, 0.29) is 11.7 Å². The molecule has 0 radical (unpaired) electrons. The summed E-state index contributed by atoms with van der Waals surface area (Å²) >= 11 is 0. The number of nitrogens with one attached hydrogen (secondary N) is 1. The molecule has 2 heterocycles. The number of anilines is 1. The number of benzene rings is 1. The highest BCUT2D eigenvalue weighted by atomic mass is 16.5. The van der Waals surface area contributed by atoms with Crippen molar-refractivity contribution in [2.75, 3.05) is 25.1 Å². The van der Waals surface area contributed by atoms with E-state index in [1.165, 1.54) is 6.20 Å². The van der Waals surface area contributed by atoms with E-state index >= 15 is 0 Å². The zero-order valence-corrected chi connectivity index (χ0v) is 19.2. The molecule has 1 aliphatic rings. The SMILES string of the molecule is C=C(N)N=C/C(=C\N)c1ccc(C(C)(c2noc(NCC3CCOCC3)n2)C(C)C)cc1. The third kappa shape index (κ3) is 5.37. The number of rotatable bonds is 9. The standard InChI is InChI=1S/C24H34N6O2/c1-16(2)24(4,21-7-5-19(6-8-21)20(13-25)15-27-17(3)26)22-29-23(32-30-22)28-14-18-9-11-31-12-10-18/h5-8,13,15-16,18H,3,9-12,14,25-26H2,1-2,4H3,(H,28,29,30)/b20-13+,27-15?. The van der Waals surface area contributed by atoms with Crippen LogP contribution < -0.4 is 16.8 Å². The van der Waals surface area contributed by atoms with Crippen molar-refractivity contribution in [1.82, 2.24) is 10.1 Å². The lowest BCUT2D eigenvalue weighted by molar-refractivity contribution is 0.0697. The summed E-state index contributed by atoms with van der Waals surface area (Å²) in [5, 5.41) is 7.63. The normalized spacial score (nSPS) is 17.6. The Bertz CT molecular complexity index is 957. The van der Waals surface area contributed by atoms with Gasteiger partial charge in [-0.3, -0.25) is 0 Å². The van der Waals surface area contributed by atoms with Gasteiger partial charge in [0.1, 0.15) is 5.82 Å². The number of aromatic nitrogens is 2. The quantitative estimate of drug-likeness (QED) is 0.510. The fraction of sp³-hybridized carbons (Fsp3) is 0.458. The van der Waals surface area contributed by atoms with Gasteiger partial charge in [0, 0.05) is 37.7 Å². The van der Waals surface area contributed by atoms with Crippen molar-refractivity contribution in [3.8, 4) is 0 Å². The highest BCUT2D eigenvalue weighted by molar-refractivity contribution is 6.09. The van der Waals surface area contributed by atoms with Gasteiger partial charge in [0.2, 0.25) is 0 Å². The van der Waals surface area contributed by atoms with Crippen LogP contribution in [-0.2, 0) is 10.2 Å². The van der Waals surface area contributed by atoms with Gasteiger partial charge < -0.3 is 26.0 Å². The van der Waals surface area contributed by atoms with Gasteiger partial charge in [-0.15, -0.1) is 0 Å². The second-order valence-corrected chi connectivity index (χ2v) is 8.67. The van der Waals surface area contributed by atoms with Crippen LogP contribution in [0.25, 0.3) is 5.57 Å². The van der Waals surface area contributed by atoms with Crippen molar-refractivity contribution in [3.63, 3.8) is 0 Å². The van der Waals surface area contributed by atoms with Gasteiger partial charge in [-0.05, 0) is 42.7 Å². The zero-order chi connectivity index (χ0) is 23.1. The second-order valence-electron chi connectivity index (χ2n) is 8.67. The summed E-state index contributed by atoms with van der Waals surface area (Å²) in [7, 11) is 0. The lowest BCUT2D eigenvalue weighted by atomic mass is 9.72. The Labute approximate surface area is 189 Å². The molecule has 1 fully saturated rings. The molecule has 0 saturated carbocycles. The maximum absolute atomic E-state index is 5.77. The van der Waals surface area contributed by atoms with E-state index in [9.17, 15) is 0 Å². The summed E-state index contributed by atoms with van der Waals surface area (Å²) < 4.78 is 11.0. The first-order valence-corrected chi connectivity index (χ1v) is 11.0. The number of allylic oxidation sites excluding steroid dienone is 1. The summed E-state index contributed by atoms with van der Waals surface area (Å²) in [6.45, 7) is 12.5. The first-order valence-electron chi connectivity index (χ1n) is 11.0. The molecule has 32 heavy (non-hydrogen) atoms. The van der Waals surface area contributed by atoms with Gasteiger partial charge in [0.15, 0.2) is 5.82 Å². The molecule has 0 aliphatic carbocycles. The molecule has 8 nitrogen and oxygen atoms in total. The van der Waals surface area contributed by atoms with E-state index in [4.69, 9.17) is 25.7 Å². The minimum Gasteiger partial charge on any atom is -0.404 e. The van der Waals surface area contributed by atoms with Crippen LogP contribution >= 0.6 is 0 Å². The van der Waals surface area contributed by atoms with Crippen LogP contribution in [-0.4, -0.2) is 36.1 Å². The summed E-state index contributed by atoms with van der Waals surface area (Å²) in [5.41, 5.74) is 13.6. The Morgan fingerprint density at radius 1 is 1.31 bits per heavy atom. The molecule has 2 aromatic rings. The molecule has 172 valence electrons. The van der Waals surface area contributed by atoms with Crippen molar-refractivity contribution in [1.29, 1.82) is 0 Å². The Hall–Kier alpha value is -3.13. The molecule has 1 unspecified atom stereocenters. The van der Waals surface area contributed by atoms with E-state index in [1.807, 2.05) is 12.1 Å². The van der Waals surface area contributed by atoms with Crippen LogP contribution in [0, 0.1) is 11.8 Å². The van der Waals surface area contributed by atoms with Gasteiger partial charge >= 0.3 is 6.01 Å². The summed E-state index contributed by atoms with van der Waals surface area (Å²) in [4.78, 5) is 8.73. The van der Waals surface area contributed by atoms with Crippen molar-refractivity contribution < 1.29 is 9.26 Å². The Morgan fingerprint density at radius 3 is 2.59 bits per heavy atom. The molecule has 3 rings (SSSR count). The molecule has 0 spiro atoms. The summed E-state index contributed by atoms with van der Waals surface area (Å²) in [5.74, 6) is 1.69. The van der Waals surface area contributed by atoms with E-state index in [2.05, 4.69) is 54.9 Å². The van der Waals surface area contributed by atoms with Crippen molar-refractivity contribution in [3.05, 3.63) is 59.8 Å². The predicted octanol–water partition coefficient (Wildman–Crippen LogP) is 3.67.